The third-order valence-electron chi connectivity index (χ3n) is 6.47. The van der Waals surface area contributed by atoms with E-state index in [1.165, 1.54) is 0 Å². The molecule has 0 N–H and O–H groups in total. The van der Waals surface area contributed by atoms with E-state index in [2.05, 4.69) is 0 Å². The van der Waals surface area contributed by atoms with Gasteiger partial charge in [0.1, 0.15) is 11.5 Å². The van der Waals surface area contributed by atoms with Gasteiger partial charge < -0.3 is 23.5 Å². The summed E-state index contributed by atoms with van der Waals surface area (Å²) in [5.74, 6) is 1.99. The van der Waals surface area contributed by atoms with Gasteiger partial charge in [0, 0.05) is 70.9 Å². The van der Waals surface area contributed by atoms with Crippen LogP contribution in [0.5, 0.6) is 0 Å². The normalized spacial score (nSPS) is 17.6. The van der Waals surface area contributed by atoms with E-state index in [4.69, 9.17) is 8.83 Å². The van der Waals surface area contributed by atoms with E-state index in [0.717, 1.165) is 11.5 Å². The zero-order chi connectivity index (χ0) is 22.3. The fraction of sp³-hybridized carbons (Fsp3) is 0.542. The molecule has 0 saturated carbocycles. The highest BCUT2D eigenvalue weighted by atomic mass is 16.3. The van der Waals surface area contributed by atoms with Crippen LogP contribution in [0.2, 0.25) is 0 Å². The molecule has 2 aliphatic rings. The Balaban J connectivity index is 1.15. The Hall–Kier alpha value is -3.03. The van der Waals surface area contributed by atoms with E-state index in [-0.39, 0.29) is 23.6 Å². The summed E-state index contributed by atoms with van der Waals surface area (Å²) >= 11 is 0. The summed E-state index contributed by atoms with van der Waals surface area (Å²) in [5, 5.41) is 0. The zero-order valence-corrected chi connectivity index (χ0v) is 18.4. The van der Waals surface area contributed by atoms with Gasteiger partial charge in [0.25, 0.3) is 0 Å². The number of piperidine rings is 1. The van der Waals surface area contributed by atoms with Crippen LogP contribution in [-0.4, -0.2) is 71.7 Å². The first-order valence-corrected chi connectivity index (χ1v) is 11.5. The molecule has 0 spiro atoms. The molecule has 8 heteroatoms. The molecule has 0 radical (unpaired) electrons. The van der Waals surface area contributed by atoms with Crippen molar-refractivity contribution in [1.29, 1.82) is 0 Å². The van der Waals surface area contributed by atoms with Crippen LogP contribution < -0.4 is 0 Å². The highest BCUT2D eigenvalue weighted by Crippen LogP contribution is 2.22. The van der Waals surface area contributed by atoms with Gasteiger partial charge in [-0.3, -0.25) is 14.4 Å². The van der Waals surface area contributed by atoms with E-state index in [1.807, 2.05) is 39.0 Å². The summed E-state index contributed by atoms with van der Waals surface area (Å²) < 4.78 is 10.6. The summed E-state index contributed by atoms with van der Waals surface area (Å²) in [6, 6.07) is 7.41. The molecule has 2 saturated heterocycles. The maximum absolute atomic E-state index is 13.0. The molecule has 0 bridgehead atoms. The first-order chi connectivity index (χ1) is 15.6. The summed E-state index contributed by atoms with van der Waals surface area (Å²) in [6.45, 7) is 3.55. The summed E-state index contributed by atoms with van der Waals surface area (Å²) in [7, 11) is 0. The monoisotopic (exact) mass is 441 g/mol. The lowest BCUT2D eigenvalue weighted by atomic mass is 9.94. The minimum Gasteiger partial charge on any atom is -0.469 e. The highest BCUT2D eigenvalue weighted by Gasteiger charge is 2.32. The molecular formula is C24H31N3O5. The van der Waals surface area contributed by atoms with Gasteiger partial charge in [-0.2, -0.15) is 0 Å². The zero-order valence-electron chi connectivity index (χ0n) is 18.4. The van der Waals surface area contributed by atoms with Gasteiger partial charge in [-0.1, -0.05) is 0 Å². The Bertz CT molecular complexity index is 805. The van der Waals surface area contributed by atoms with Crippen molar-refractivity contribution in [2.24, 2.45) is 5.92 Å². The van der Waals surface area contributed by atoms with Crippen LogP contribution in [0.4, 0.5) is 0 Å². The third kappa shape index (κ3) is 5.60. The molecule has 3 amide bonds. The number of aryl methyl sites for hydroxylation is 2. The van der Waals surface area contributed by atoms with Crippen molar-refractivity contribution >= 4 is 17.7 Å². The molecular weight excluding hydrogens is 410 g/mol. The molecule has 2 aliphatic heterocycles. The van der Waals surface area contributed by atoms with Crippen LogP contribution in [0.15, 0.2) is 45.6 Å². The van der Waals surface area contributed by atoms with Crippen molar-refractivity contribution in [2.75, 3.05) is 39.3 Å². The van der Waals surface area contributed by atoms with E-state index >= 15 is 0 Å². The van der Waals surface area contributed by atoms with Crippen LogP contribution in [0.3, 0.4) is 0 Å². The first kappa shape index (κ1) is 22.2. The maximum atomic E-state index is 13.0. The molecule has 2 fully saturated rings. The fourth-order valence-corrected chi connectivity index (χ4v) is 4.50. The van der Waals surface area contributed by atoms with Crippen LogP contribution in [-0.2, 0) is 27.2 Å². The second kappa shape index (κ2) is 10.5. The van der Waals surface area contributed by atoms with Gasteiger partial charge in [0.15, 0.2) is 0 Å². The largest absolute Gasteiger partial charge is 0.469 e. The van der Waals surface area contributed by atoms with Crippen molar-refractivity contribution in [3.63, 3.8) is 0 Å². The van der Waals surface area contributed by atoms with Gasteiger partial charge in [0.05, 0.1) is 12.5 Å². The molecule has 2 aromatic rings. The Morgan fingerprint density at radius 3 is 1.66 bits per heavy atom. The highest BCUT2D eigenvalue weighted by molar-refractivity contribution is 5.81. The summed E-state index contributed by atoms with van der Waals surface area (Å²) in [6.07, 6.45) is 6.70. The second-order valence-corrected chi connectivity index (χ2v) is 8.52. The number of amides is 3. The van der Waals surface area contributed by atoms with Crippen molar-refractivity contribution in [1.82, 2.24) is 14.7 Å². The molecule has 172 valence electrons. The summed E-state index contributed by atoms with van der Waals surface area (Å²) in [5.41, 5.74) is 0. The first-order valence-electron chi connectivity index (χ1n) is 11.5. The lowest BCUT2D eigenvalue weighted by molar-refractivity contribution is -0.144. The standard InChI is InChI=1S/C24H31N3O5/c28-22(7-5-20-3-1-17-31-20)25-11-9-19(10-12-25)24(30)27-15-13-26(14-16-27)23(29)8-6-21-4-2-18-32-21/h1-4,17-19H,5-16H2. The number of furan rings is 2. The van der Waals surface area contributed by atoms with Crippen molar-refractivity contribution in [3.8, 4) is 0 Å². The minimum atomic E-state index is -0.0367. The molecule has 0 aromatic carbocycles. The Morgan fingerprint density at radius 2 is 1.19 bits per heavy atom. The maximum Gasteiger partial charge on any atom is 0.225 e. The molecule has 32 heavy (non-hydrogen) atoms. The van der Waals surface area contributed by atoms with Gasteiger partial charge >= 0.3 is 0 Å². The number of hydrogen-bond acceptors (Lipinski definition) is 5. The lowest BCUT2D eigenvalue weighted by Crippen LogP contribution is -2.53. The van der Waals surface area contributed by atoms with Crippen molar-refractivity contribution in [3.05, 3.63) is 48.3 Å². The Labute approximate surface area is 188 Å². The van der Waals surface area contributed by atoms with E-state index < -0.39 is 0 Å². The molecule has 0 atom stereocenters. The fourth-order valence-electron chi connectivity index (χ4n) is 4.50. The third-order valence-corrected chi connectivity index (χ3v) is 6.47. The topological polar surface area (TPSA) is 87.2 Å². The molecule has 4 rings (SSSR count). The molecule has 0 aliphatic carbocycles. The number of piperazine rings is 1. The van der Waals surface area contributed by atoms with Crippen LogP contribution in [0.25, 0.3) is 0 Å². The molecule has 2 aromatic heterocycles. The predicted octanol–water partition coefficient (Wildman–Crippen LogP) is 2.35. The number of nitrogens with zero attached hydrogens (tertiary/aromatic N) is 3. The number of rotatable bonds is 7. The van der Waals surface area contributed by atoms with E-state index in [0.29, 0.717) is 77.8 Å². The van der Waals surface area contributed by atoms with E-state index in [9.17, 15) is 14.4 Å². The number of carbonyl (C=O) groups is 3. The molecule has 4 heterocycles. The van der Waals surface area contributed by atoms with Gasteiger partial charge in [-0.15, -0.1) is 0 Å². The average Bonchev–Trinajstić information content (AvgIpc) is 3.55. The van der Waals surface area contributed by atoms with E-state index in [1.54, 1.807) is 12.5 Å². The SMILES string of the molecule is O=C(CCc1ccco1)N1CCC(C(=O)N2CCN(C(=O)CCc3ccco3)CC2)CC1. The van der Waals surface area contributed by atoms with Gasteiger partial charge in [-0.05, 0) is 37.1 Å². The van der Waals surface area contributed by atoms with Crippen LogP contribution in [0.1, 0.15) is 37.2 Å². The summed E-state index contributed by atoms with van der Waals surface area (Å²) in [4.78, 5) is 43.4. The van der Waals surface area contributed by atoms with Crippen molar-refractivity contribution < 1.29 is 23.2 Å². The minimum absolute atomic E-state index is 0.0367. The van der Waals surface area contributed by atoms with Gasteiger partial charge in [0.2, 0.25) is 17.7 Å². The quantitative estimate of drug-likeness (QED) is 0.658. The number of carbonyl (C=O) groups excluding carboxylic acids is 3. The molecule has 8 nitrogen and oxygen atoms in total. The van der Waals surface area contributed by atoms with Gasteiger partial charge in [-0.25, -0.2) is 0 Å². The van der Waals surface area contributed by atoms with Crippen LogP contribution in [0, 0.1) is 5.92 Å². The smallest absolute Gasteiger partial charge is 0.225 e. The number of hydrogen-bond donors (Lipinski definition) is 0. The molecule has 0 unspecified atom stereocenters. The van der Waals surface area contributed by atoms with Crippen LogP contribution >= 0.6 is 0 Å². The lowest BCUT2D eigenvalue weighted by Gasteiger charge is -2.38. The Kier molecular flexibility index (Phi) is 7.29. The Morgan fingerprint density at radius 1 is 0.719 bits per heavy atom. The average molecular weight is 442 g/mol. The number of likely N-dealkylation sites (tertiary alicyclic amines) is 1. The second-order valence-electron chi connectivity index (χ2n) is 8.52. The van der Waals surface area contributed by atoms with Crippen molar-refractivity contribution in [2.45, 2.75) is 38.5 Å². The predicted molar refractivity (Wildman–Crippen MR) is 117 cm³/mol.